The van der Waals surface area contributed by atoms with Gasteiger partial charge in [0.1, 0.15) is 0 Å². The number of hydrogen-bond acceptors (Lipinski definition) is 7. The molecular formula is C20H20N4O2S2. The molecule has 1 heterocycles. The highest BCUT2D eigenvalue weighted by Gasteiger charge is 2.10. The lowest BCUT2D eigenvalue weighted by molar-refractivity contribution is -0.115. The van der Waals surface area contributed by atoms with Gasteiger partial charge in [0.2, 0.25) is 11.0 Å². The fraction of sp³-hybridized carbons (Fsp3) is 0.200. The van der Waals surface area contributed by atoms with Gasteiger partial charge in [-0.2, -0.15) is 0 Å². The van der Waals surface area contributed by atoms with Gasteiger partial charge in [-0.3, -0.25) is 9.59 Å². The van der Waals surface area contributed by atoms with Crippen LogP contribution in [0.5, 0.6) is 0 Å². The van der Waals surface area contributed by atoms with Gasteiger partial charge < -0.3 is 10.6 Å². The number of aromatic nitrogens is 2. The van der Waals surface area contributed by atoms with E-state index in [2.05, 4.69) is 20.8 Å². The molecule has 0 atom stereocenters. The highest BCUT2D eigenvalue weighted by Crippen LogP contribution is 2.26. The van der Waals surface area contributed by atoms with Crippen molar-refractivity contribution < 1.29 is 9.59 Å². The van der Waals surface area contributed by atoms with Crippen molar-refractivity contribution in [3.05, 3.63) is 65.7 Å². The van der Waals surface area contributed by atoms with Crippen molar-refractivity contribution in [1.29, 1.82) is 0 Å². The summed E-state index contributed by atoms with van der Waals surface area (Å²) in [6, 6.07) is 17.0. The van der Waals surface area contributed by atoms with E-state index in [9.17, 15) is 9.59 Å². The van der Waals surface area contributed by atoms with E-state index in [0.717, 1.165) is 9.47 Å². The molecule has 0 spiro atoms. The summed E-state index contributed by atoms with van der Waals surface area (Å²) >= 11 is 2.80. The van der Waals surface area contributed by atoms with Crippen LogP contribution < -0.4 is 10.6 Å². The zero-order chi connectivity index (χ0) is 19.8. The SMILES string of the molecule is CCC(=O)Nc1ccc(C(=O)CSc2nnc(NCc3ccccc3)s2)cc1. The van der Waals surface area contributed by atoms with Crippen molar-refractivity contribution in [3.63, 3.8) is 0 Å². The maximum atomic E-state index is 12.4. The van der Waals surface area contributed by atoms with Crippen LogP contribution in [0.2, 0.25) is 0 Å². The maximum absolute atomic E-state index is 12.4. The number of rotatable bonds is 9. The van der Waals surface area contributed by atoms with Crippen molar-refractivity contribution >= 4 is 45.6 Å². The lowest BCUT2D eigenvalue weighted by Crippen LogP contribution is -2.09. The molecule has 2 aromatic carbocycles. The van der Waals surface area contributed by atoms with Crippen LogP contribution in [-0.4, -0.2) is 27.6 Å². The molecule has 6 nitrogen and oxygen atoms in total. The molecule has 144 valence electrons. The topological polar surface area (TPSA) is 84.0 Å². The number of nitrogens with zero attached hydrogens (tertiary/aromatic N) is 2. The lowest BCUT2D eigenvalue weighted by atomic mass is 10.1. The molecular weight excluding hydrogens is 392 g/mol. The predicted molar refractivity (Wildman–Crippen MR) is 114 cm³/mol. The van der Waals surface area contributed by atoms with Gasteiger partial charge in [-0.05, 0) is 29.8 Å². The molecule has 1 amide bonds. The minimum Gasteiger partial charge on any atom is -0.356 e. The van der Waals surface area contributed by atoms with E-state index in [0.29, 0.717) is 24.2 Å². The highest BCUT2D eigenvalue weighted by atomic mass is 32.2. The Kier molecular flexibility index (Phi) is 7.16. The standard InChI is InChI=1S/C20H20N4O2S2/c1-2-18(26)22-16-10-8-15(9-11-16)17(25)13-27-20-24-23-19(28-20)21-12-14-6-4-3-5-7-14/h3-11H,2,12-13H2,1H3,(H,21,23)(H,22,26). The Bertz CT molecular complexity index is 927. The second-order valence-corrected chi connectivity index (χ2v) is 8.10. The highest BCUT2D eigenvalue weighted by molar-refractivity contribution is 8.01. The van der Waals surface area contributed by atoms with E-state index >= 15 is 0 Å². The van der Waals surface area contributed by atoms with E-state index in [1.165, 1.54) is 28.7 Å². The number of nitrogens with one attached hydrogen (secondary N) is 2. The minimum atomic E-state index is -0.0532. The smallest absolute Gasteiger partial charge is 0.224 e. The molecule has 0 aliphatic rings. The molecule has 0 saturated carbocycles. The number of carbonyl (C=O) groups excluding carboxylic acids is 2. The molecule has 0 unspecified atom stereocenters. The fourth-order valence-electron chi connectivity index (χ4n) is 2.31. The van der Waals surface area contributed by atoms with Crippen LogP contribution in [-0.2, 0) is 11.3 Å². The third-order valence-electron chi connectivity index (χ3n) is 3.83. The van der Waals surface area contributed by atoms with Crippen molar-refractivity contribution in [1.82, 2.24) is 10.2 Å². The van der Waals surface area contributed by atoms with Gasteiger partial charge in [0.25, 0.3) is 0 Å². The van der Waals surface area contributed by atoms with Crippen LogP contribution >= 0.6 is 23.1 Å². The van der Waals surface area contributed by atoms with Gasteiger partial charge in [-0.1, -0.05) is 60.4 Å². The Hall–Kier alpha value is -2.71. The summed E-state index contributed by atoms with van der Waals surface area (Å²) in [6.45, 7) is 2.47. The Labute approximate surface area is 171 Å². The zero-order valence-electron chi connectivity index (χ0n) is 15.3. The Balaban J connectivity index is 1.48. The predicted octanol–water partition coefficient (Wildman–Crippen LogP) is 4.47. The van der Waals surface area contributed by atoms with Crippen LogP contribution in [0.4, 0.5) is 10.8 Å². The van der Waals surface area contributed by atoms with Gasteiger partial charge in [0.05, 0.1) is 5.75 Å². The van der Waals surface area contributed by atoms with E-state index in [1.54, 1.807) is 31.2 Å². The number of carbonyl (C=O) groups is 2. The molecule has 3 rings (SSSR count). The Morgan fingerprint density at radius 3 is 2.50 bits per heavy atom. The Morgan fingerprint density at radius 1 is 1.04 bits per heavy atom. The molecule has 28 heavy (non-hydrogen) atoms. The molecule has 0 bridgehead atoms. The second-order valence-electron chi connectivity index (χ2n) is 5.90. The first kappa shape index (κ1) is 20.0. The average Bonchev–Trinajstić information content (AvgIpc) is 3.19. The zero-order valence-corrected chi connectivity index (χ0v) is 17.0. The molecule has 3 aromatic rings. The van der Waals surface area contributed by atoms with Gasteiger partial charge >= 0.3 is 0 Å². The van der Waals surface area contributed by atoms with E-state index < -0.39 is 0 Å². The van der Waals surface area contributed by atoms with Crippen molar-refractivity contribution in [3.8, 4) is 0 Å². The van der Waals surface area contributed by atoms with Crippen molar-refractivity contribution in [2.75, 3.05) is 16.4 Å². The van der Waals surface area contributed by atoms with Crippen LogP contribution in [0.3, 0.4) is 0 Å². The summed E-state index contributed by atoms with van der Waals surface area (Å²) in [5.74, 6) is 0.239. The normalized spacial score (nSPS) is 10.5. The summed E-state index contributed by atoms with van der Waals surface area (Å²) in [6.07, 6.45) is 0.418. The van der Waals surface area contributed by atoms with Gasteiger partial charge in [-0.15, -0.1) is 10.2 Å². The van der Waals surface area contributed by atoms with Crippen molar-refractivity contribution in [2.45, 2.75) is 24.2 Å². The van der Waals surface area contributed by atoms with Gasteiger partial charge in [-0.25, -0.2) is 0 Å². The first-order valence-corrected chi connectivity index (χ1v) is 10.6. The number of amides is 1. The fourth-order valence-corrected chi connectivity index (χ4v) is 3.95. The maximum Gasteiger partial charge on any atom is 0.224 e. The molecule has 2 N–H and O–H groups in total. The Morgan fingerprint density at radius 2 is 1.79 bits per heavy atom. The first-order chi connectivity index (χ1) is 13.6. The molecule has 0 fully saturated rings. The quantitative estimate of drug-likeness (QED) is 0.398. The third-order valence-corrected chi connectivity index (χ3v) is 5.85. The van der Waals surface area contributed by atoms with E-state index in [-0.39, 0.29) is 17.4 Å². The molecule has 1 aromatic heterocycles. The summed E-state index contributed by atoms with van der Waals surface area (Å²) in [7, 11) is 0. The lowest BCUT2D eigenvalue weighted by Gasteiger charge is -2.04. The van der Waals surface area contributed by atoms with Crippen LogP contribution in [0.25, 0.3) is 0 Å². The molecule has 0 aliphatic heterocycles. The summed E-state index contributed by atoms with van der Waals surface area (Å²) < 4.78 is 0.746. The third kappa shape index (κ3) is 5.90. The number of benzene rings is 2. The summed E-state index contributed by atoms with van der Waals surface area (Å²) in [5.41, 5.74) is 2.46. The minimum absolute atomic E-state index is 0.00682. The number of thioether (sulfide) groups is 1. The monoisotopic (exact) mass is 412 g/mol. The number of Topliss-reactive ketones (excluding diaryl/α,β-unsaturated/α-hetero) is 1. The van der Waals surface area contributed by atoms with E-state index in [1.807, 2.05) is 30.3 Å². The first-order valence-electron chi connectivity index (χ1n) is 8.81. The second kappa shape index (κ2) is 10.0. The largest absolute Gasteiger partial charge is 0.356 e. The molecule has 0 radical (unpaired) electrons. The van der Waals surface area contributed by atoms with Crippen molar-refractivity contribution in [2.24, 2.45) is 0 Å². The number of ketones is 1. The molecule has 0 saturated heterocycles. The number of hydrogen-bond donors (Lipinski definition) is 2. The summed E-state index contributed by atoms with van der Waals surface area (Å²) in [5, 5.41) is 15.0. The van der Waals surface area contributed by atoms with Gasteiger partial charge in [0, 0.05) is 24.2 Å². The van der Waals surface area contributed by atoms with Gasteiger partial charge in [0.15, 0.2) is 10.1 Å². The molecule has 0 aliphatic carbocycles. The van der Waals surface area contributed by atoms with Crippen LogP contribution in [0.15, 0.2) is 58.9 Å². The average molecular weight is 413 g/mol. The molecule has 8 heteroatoms. The van der Waals surface area contributed by atoms with E-state index in [4.69, 9.17) is 0 Å². The van der Waals surface area contributed by atoms with Crippen LogP contribution in [0.1, 0.15) is 29.3 Å². The number of anilines is 2. The summed E-state index contributed by atoms with van der Waals surface area (Å²) in [4.78, 5) is 23.7. The van der Waals surface area contributed by atoms with Crippen LogP contribution in [0, 0.1) is 0 Å².